The molecule has 0 fully saturated rings. The van der Waals surface area contributed by atoms with E-state index in [9.17, 15) is 0 Å². The maximum atomic E-state index is 8.68. The predicted molar refractivity (Wildman–Crippen MR) is 68.9 cm³/mol. The molecule has 0 saturated heterocycles. The molecule has 0 amide bonds. The SMILES string of the molecule is Cc1nc(CN(C)CCCCCO)sc1C. The Morgan fingerprint density at radius 3 is 2.56 bits per heavy atom. The molecule has 4 heteroatoms. The minimum Gasteiger partial charge on any atom is -0.396 e. The summed E-state index contributed by atoms with van der Waals surface area (Å²) >= 11 is 1.79. The molecule has 0 aliphatic rings. The fourth-order valence-electron chi connectivity index (χ4n) is 1.59. The van der Waals surface area contributed by atoms with Crippen LogP contribution in [0.2, 0.25) is 0 Å². The van der Waals surface area contributed by atoms with Crippen molar-refractivity contribution in [1.82, 2.24) is 9.88 Å². The van der Waals surface area contributed by atoms with Gasteiger partial charge in [0, 0.05) is 11.5 Å². The van der Waals surface area contributed by atoms with Gasteiger partial charge in [0.15, 0.2) is 0 Å². The molecule has 16 heavy (non-hydrogen) atoms. The van der Waals surface area contributed by atoms with Gasteiger partial charge in [0.25, 0.3) is 0 Å². The molecule has 1 aromatic heterocycles. The monoisotopic (exact) mass is 242 g/mol. The van der Waals surface area contributed by atoms with Gasteiger partial charge in [-0.05, 0) is 46.7 Å². The first-order valence-electron chi connectivity index (χ1n) is 5.85. The first kappa shape index (κ1) is 13.6. The zero-order valence-corrected chi connectivity index (χ0v) is 11.3. The normalized spacial score (nSPS) is 11.3. The number of aryl methyl sites for hydroxylation is 2. The highest BCUT2D eigenvalue weighted by atomic mass is 32.1. The summed E-state index contributed by atoms with van der Waals surface area (Å²) in [6, 6.07) is 0. The van der Waals surface area contributed by atoms with Crippen molar-refractivity contribution in [2.24, 2.45) is 0 Å². The van der Waals surface area contributed by atoms with Crippen molar-refractivity contribution in [1.29, 1.82) is 0 Å². The van der Waals surface area contributed by atoms with Crippen LogP contribution >= 0.6 is 11.3 Å². The average molecular weight is 242 g/mol. The standard InChI is InChI=1S/C12H22N2OS/c1-10-11(2)16-12(13-10)9-14(3)7-5-4-6-8-15/h15H,4-9H2,1-3H3. The van der Waals surface area contributed by atoms with E-state index < -0.39 is 0 Å². The first-order chi connectivity index (χ1) is 7.63. The van der Waals surface area contributed by atoms with Gasteiger partial charge in [0.1, 0.15) is 5.01 Å². The van der Waals surface area contributed by atoms with E-state index in [0.717, 1.165) is 38.0 Å². The van der Waals surface area contributed by atoms with Crippen molar-refractivity contribution < 1.29 is 5.11 Å². The van der Waals surface area contributed by atoms with Gasteiger partial charge >= 0.3 is 0 Å². The summed E-state index contributed by atoms with van der Waals surface area (Å²) in [5, 5.41) is 9.89. The molecule has 0 saturated carbocycles. The Bertz CT molecular complexity index is 292. The summed E-state index contributed by atoms with van der Waals surface area (Å²) in [5.41, 5.74) is 1.16. The van der Waals surface area contributed by atoms with E-state index in [4.69, 9.17) is 5.11 Å². The number of aliphatic hydroxyl groups excluding tert-OH is 1. The van der Waals surface area contributed by atoms with Crippen LogP contribution in [-0.2, 0) is 6.54 Å². The van der Waals surface area contributed by atoms with E-state index in [1.54, 1.807) is 11.3 Å². The average Bonchev–Trinajstić information content (AvgIpc) is 2.53. The number of thiazole rings is 1. The minimum atomic E-state index is 0.314. The van der Waals surface area contributed by atoms with E-state index in [0.29, 0.717) is 6.61 Å². The van der Waals surface area contributed by atoms with Crippen molar-refractivity contribution in [2.45, 2.75) is 39.7 Å². The molecule has 1 rings (SSSR count). The summed E-state index contributed by atoms with van der Waals surface area (Å²) in [5.74, 6) is 0. The molecule has 1 N–H and O–H groups in total. The molecule has 0 aromatic carbocycles. The third-order valence-electron chi connectivity index (χ3n) is 2.68. The number of aromatic nitrogens is 1. The number of nitrogens with zero attached hydrogens (tertiary/aromatic N) is 2. The summed E-state index contributed by atoms with van der Waals surface area (Å²) < 4.78 is 0. The molecule has 0 unspecified atom stereocenters. The molecule has 0 aliphatic carbocycles. The maximum absolute atomic E-state index is 8.68. The zero-order chi connectivity index (χ0) is 12.0. The first-order valence-corrected chi connectivity index (χ1v) is 6.67. The third-order valence-corrected chi connectivity index (χ3v) is 3.73. The van der Waals surface area contributed by atoms with Gasteiger partial charge in [-0.2, -0.15) is 0 Å². The molecule has 0 radical (unpaired) electrons. The van der Waals surface area contributed by atoms with Crippen LogP contribution in [0.4, 0.5) is 0 Å². The lowest BCUT2D eigenvalue weighted by molar-refractivity contribution is 0.271. The van der Waals surface area contributed by atoms with Crippen LogP contribution in [0, 0.1) is 13.8 Å². The Kier molecular flexibility index (Phi) is 5.95. The van der Waals surface area contributed by atoms with Crippen molar-refractivity contribution >= 4 is 11.3 Å². The quantitative estimate of drug-likeness (QED) is 0.746. The highest BCUT2D eigenvalue weighted by Gasteiger charge is 2.06. The molecule has 92 valence electrons. The van der Waals surface area contributed by atoms with Crippen LogP contribution in [0.3, 0.4) is 0 Å². The van der Waals surface area contributed by atoms with Gasteiger partial charge in [-0.25, -0.2) is 4.98 Å². The van der Waals surface area contributed by atoms with Crippen LogP contribution < -0.4 is 0 Å². The fraction of sp³-hybridized carbons (Fsp3) is 0.750. The Balaban J connectivity index is 2.25. The Morgan fingerprint density at radius 1 is 1.25 bits per heavy atom. The van der Waals surface area contributed by atoms with Gasteiger partial charge in [0.2, 0.25) is 0 Å². The largest absolute Gasteiger partial charge is 0.396 e. The Labute approximate surface area is 102 Å². The lowest BCUT2D eigenvalue weighted by Crippen LogP contribution is -2.19. The third kappa shape index (κ3) is 4.60. The Hall–Kier alpha value is -0.450. The Morgan fingerprint density at radius 2 is 2.00 bits per heavy atom. The van der Waals surface area contributed by atoms with E-state index in [-0.39, 0.29) is 0 Å². The van der Waals surface area contributed by atoms with Gasteiger partial charge in [-0.3, -0.25) is 4.90 Å². The number of aliphatic hydroxyl groups is 1. The maximum Gasteiger partial charge on any atom is 0.107 e. The highest BCUT2D eigenvalue weighted by Crippen LogP contribution is 2.17. The molecule has 1 aromatic rings. The van der Waals surface area contributed by atoms with Crippen molar-refractivity contribution in [3.63, 3.8) is 0 Å². The number of unbranched alkanes of at least 4 members (excludes halogenated alkanes) is 2. The predicted octanol–water partition coefficient (Wildman–Crippen LogP) is 2.35. The molecule has 3 nitrogen and oxygen atoms in total. The number of hydrogen-bond acceptors (Lipinski definition) is 4. The smallest absolute Gasteiger partial charge is 0.107 e. The second kappa shape index (κ2) is 6.99. The van der Waals surface area contributed by atoms with Gasteiger partial charge in [-0.1, -0.05) is 0 Å². The summed E-state index contributed by atoms with van der Waals surface area (Å²) in [6.45, 7) is 6.53. The fourth-order valence-corrected chi connectivity index (χ4v) is 2.60. The lowest BCUT2D eigenvalue weighted by Gasteiger charge is -2.14. The lowest BCUT2D eigenvalue weighted by atomic mass is 10.2. The van der Waals surface area contributed by atoms with Crippen LogP contribution in [0.1, 0.15) is 34.8 Å². The highest BCUT2D eigenvalue weighted by molar-refractivity contribution is 7.11. The number of hydrogen-bond donors (Lipinski definition) is 1. The van der Waals surface area contributed by atoms with E-state index in [1.165, 1.54) is 9.88 Å². The summed E-state index contributed by atoms with van der Waals surface area (Å²) in [6.07, 6.45) is 3.18. The van der Waals surface area contributed by atoms with Crippen LogP contribution in [0.15, 0.2) is 0 Å². The zero-order valence-electron chi connectivity index (χ0n) is 10.5. The molecule has 0 atom stereocenters. The molecule has 0 aliphatic heterocycles. The minimum absolute atomic E-state index is 0.314. The van der Waals surface area contributed by atoms with Crippen molar-refractivity contribution in [2.75, 3.05) is 20.2 Å². The molecular formula is C12H22N2OS. The number of rotatable bonds is 7. The van der Waals surface area contributed by atoms with Gasteiger partial charge in [-0.15, -0.1) is 11.3 Å². The van der Waals surface area contributed by atoms with Gasteiger partial charge < -0.3 is 5.11 Å². The molecule has 0 spiro atoms. The van der Waals surface area contributed by atoms with Gasteiger partial charge in [0.05, 0.1) is 12.2 Å². The van der Waals surface area contributed by atoms with Crippen molar-refractivity contribution in [3.8, 4) is 0 Å². The molecular weight excluding hydrogens is 220 g/mol. The second-order valence-electron chi connectivity index (χ2n) is 4.27. The summed E-state index contributed by atoms with van der Waals surface area (Å²) in [4.78, 5) is 8.15. The van der Waals surface area contributed by atoms with Crippen LogP contribution in [0.25, 0.3) is 0 Å². The van der Waals surface area contributed by atoms with E-state index in [2.05, 4.69) is 30.8 Å². The van der Waals surface area contributed by atoms with Crippen LogP contribution in [0.5, 0.6) is 0 Å². The van der Waals surface area contributed by atoms with Crippen molar-refractivity contribution in [3.05, 3.63) is 15.6 Å². The molecule has 0 bridgehead atoms. The van der Waals surface area contributed by atoms with E-state index in [1.807, 2.05) is 0 Å². The van der Waals surface area contributed by atoms with Crippen LogP contribution in [-0.4, -0.2) is 35.2 Å². The molecule has 1 heterocycles. The topological polar surface area (TPSA) is 36.4 Å². The van der Waals surface area contributed by atoms with E-state index >= 15 is 0 Å². The summed E-state index contributed by atoms with van der Waals surface area (Å²) in [7, 11) is 2.13. The second-order valence-corrected chi connectivity index (χ2v) is 5.56.